The molecule has 0 amide bonds. The van der Waals surface area contributed by atoms with Crippen LogP contribution in [0.15, 0.2) is 12.1 Å². The minimum Gasteiger partial charge on any atom is -0.497 e. The van der Waals surface area contributed by atoms with E-state index < -0.39 is 12.0 Å². The average Bonchev–Trinajstić information content (AvgIpc) is 2.35. The maximum Gasteiger partial charge on any atom is 0.325 e. The van der Waals surface area contributed by atoms with Crippen molar-refractivity contribution in [2.45, 2.75) is 6.04 Å². The van der Waals surface area contributed by atoms with Gasteiger partial charge in [0.15, 0.2) is 11.5 Å². The summed E-state index contributed by atoms with van der Waals surface area (Å²) in [5.74, 6) is -0.0327. The van der Waals surface area contributed by atoms with E-state index in [1.165, 1.54) is 27.4 Å². The van der Waals surface area contributed by atoms with Crippen molar-refractivity contribution < 1.29 is 24.1 Å². The highest BCUT2D eigenvalue weighted by molar-refractivity contribution is 5.77. The normalized spacial score (nSPS) is 11.8. The average molecular weight is 241 g/mol. The smallest absolute Gasteiger partial charge is 0.325 e. The van der Waals surface area contributed by atoms with E-state index >= 15 is 0 Å². The van der Waals surface area contributed by atoms with Crippen molar-refractivity contribution in [3.8, 4) is 17.2 Å². The van der Waals surface area contributed by atoms with Gasteiger partial charge in [0, 0.05) is 11.6 Å². The first-order valence-electron chi connectivity index (χ1n) is 4.83. The van der Waals surface area contributed by atoms with E-state index in [0.717, 1.165) is 0 Å². The van der Waals surface area contributed by atoms with Gasteiger partial charge in [-0.3, -0.25) is 4.79 Å². The molecule has 0 radical (unpaired) electrons. The van der Waals surface area contributed by atoms with Crippen LogP contribution >= 0.6 is 0 Å². The summed E-state index contributed by atoms with van der Waals surface area (Å²) in [6.07, 6.45) is 0. The second kappa shape index (κ2) is 5.40. The van der Waals surface area contributed by atoms with E-state index in [0.29, 0.717) is 22.8 Å². The van der Waals surface area contributed by atoms with Crippen LogP contribution in [0.2, 0.25) is 0 Å². The summed E-state index contributed by atoms with van der Waals surface area (Å²) in [4.78, 5) is 10.9. The standard InChI is InChI=1S/C11H15NO5/c1-15-6-4-7(9(12)11(13)14)10(17-3)8(5-6)16-2/h4-5,9H,12H2,1-3H3,(H,13,14). The van der Waals surface area contributed by atoms with Crippen LogP contribution in [0.1, 0.15) is 11.6 Å². The predicted octanol–water partition coefficient (Wildman–Crippen LogP) is 0.797. The molecule has 0 saturated carbocycles. The van der Waals surface area contributed by atoms with Crippen molar-refractivity contribution in [1.29, 1.82) is 0 Å². The van der Waals surface area contributed by atoms with Crippen molar-refractivity contribution in [1.82, 2.24) is 0 Å². The van der Waals surface area contributed by atoms with Crippen molar-refractivity contribution >= 4 is 5.97 Å². The molecule has 0 bridgehead atoms. The Morgan fingerprint density at radius 1 is 1.24 bits per heavy atom. The number of carbonyl (C=O) groups is 1. The van der Waals surface area contributed by atoms with E-state index in [1.807, 2.05) is 0 Å². The van der Waals surface area contributed by atoms with Crippen LogP contribution in [0.4, 0.5) is 0 Å². The number of hydrogen-bond acceptors (Lipinski definition) is 5. The molecule has 0 spiro atoms. The maximum absolute atomic E-state index is 10.9. The van der Waals surface area contributed by atoms with Gasteiger partial charge in [0.1, 0.15) is 11.8 Å². The molecule has 0 saturated heterocycles. The first-order valence-corrected chi connectivity index (χ1v) is 4.83. The fourth-order valence-electron chi connectivity index (χ4n) is 1.45. The lowest BCUT2D eigenvalue weighted by Crippen LogP contribution is -2.21. The highest BCUT2D eigenvalue weighted by Gasteiger charge is 2.23. The van der Waals surface area contributed by atoms with Gasteiger partial charge in [-0.2, -0.15) is 0 Å². The number of ether oxygens (including phenoxy) is 3. The number of benzene rings is 1. The quantitative estimate of drug-likeness (QED) is 0.792. The summed E-state index contributed by atoms with van der Waals surface area (Å²) >= 11 is 0. The Bertz CT molecular complexity index is 419. The van der Waals surface area contributed by atoms with Crippen LogP contribution in [-0.4, -0.2) is 32.4 Å². The minimum atomic E-state index is -1.20. The SMILES string of the molecule is COc1cc(OC)c(OC)c(C(N)C(=O)O)c1. The van der Waals surface area contributed by atoms with Gasteiger partial charge in [-0.15, -0.1) is 0 Å². The highest BCUT2D eigenvalue weighted by Crippen LogP contribution is 2.38. The summed E-state index contributed by atoms with van der Waals surface area (Å²) in [6.45, 7) is 0. The molecule has 0 aliphatic rings. The summed E-state index contributed by atoms with van der Waals surface area (Å²) in [7, 11) is 4.34. The van der Waals surface area contributed by atoms with Crippen LogP contribution in [0.5, 0.6) is 17.2 Å². The lowest BCUT2D eigenvalue weighted by molar-refractivity contribution is -0.138. The molecule has 1 atom stereocenters. The van der Waals surface area contributed by atoms with Gasteiger partial charge in [-0.25, -0.2) is 0 Å². The highest BCUT2D eigenvalue weighted by atomic mass is 16.5. The van der Waals surface area contributed by atoms with Gasteiger partial charge >= 0.3 is 5.97 Å². The molecule has 0 heterocycles. The summed E-state index contributed by atoms with van der Waals surface area (Å²) in [5, 5.41) is 8.92. The summed E-state index contributed by atoms with van der Waals surface area (Å²) in [6, 6.07) is 1.91. The van der Waals surface area contributed by atoms with E-state index in [9.17, 15) is 4.79 Å². The number of nitrogens with two attached hydrogens (primary N) is 1. The van der Waals surface area contributed by atoms with Crippen LogP contribution < -0.4 is 19.9 Å². The van der Waals surface area contributed by atoms with Crippen molar-refractivity contribution in [3.05, 3.63) is 17.7 Å². The molecule has 1 aromatic rings. The van der Waals surface area contributed by atoms with E-state index in [1.54, 1.807) is 6.07 Å². The Kier molecular flexibility index (Phi) is 4.17. The third-order valence-electron chi connectivity index (χ3n) is 2.32. The third kappa shape index (κ3) is 2.59. The lowest BCUT2D eigenvalue weighted by atomic mass is 10.1. The molecule has 3 N–H and O–H groups in total. The zero-order valence-corrected chi connectivity index (χ0v) is 9.89. The second-order valence-electron chi connectivity index (χ2n) is 3.27. The zero-order chi connectivity index (χ0) is 13.0. The molecular weight excluding hydrogens is 226 g/mol. The summed E-state index contributed by atoms with van der Waals surface area (Å²) in [5.41, 5.74) is 5.87. The van der Waals surface area contributed by atoms with Gasteiger partial charge in [0.2, 0.25) is 0 Å². The molecule has 0 aliphatic carbocycles. The van der Waals surface area contributed by atoms with E-state index in [2.05, 4.69) is 0 Å². The van der Waals surface area contributed by atoms with Crippen LogP contribution in [0, 0.1) is 0 Å². The monoisotopic (exact) mass is 241 g/mol. The predicted molar refractivity (Wildman–Crippen MR) is 60.7 cm³/mol. The molecule has 1 unspecified atom stereocenters. The molecule has 0 aromatic heterocycles. The zero-order valence-electron chi connectivity index (χ0n) is 9.89. The molecule has 6 nitrogen and oxygen atoms in total. The van der Waals surface area contributed by atoms with Gasteiger partial charge < -0.3 is 25.1 Å². The molecule has 1 aromatic carbocycles. The lowest BCUT2D eigenvalue weighted by Gasteiger charge is -2.16. The van der Waals surface area contributed by atoms with Crippen molar-refractivity contribution in [2.75, 3.05) is 21.3 Å². The van der Waals surface area contributed by atoms with E-state index in [-0.39, 0.29) is 0 Å². The van der Waals surface area contributed by atoms with Crippen molar-refractivity contribution in [3.63, 3.8) is 0 Å². The minimum absolute atomic E-state index is 0.295. The summed E-state index contributed by atoms with van der Waals surface area (Å²) < 4.78 is 15.3. The van der Waals surface area contributed by atoms with Gasteiger partial charge in [-0.1, -0.05) is 0 Å². The first-order chi connectivity index (χ1) is 8.04. The first kappa shape index (κ1) is 13.1. The molecule has 94 valence electrons. The third-order valence-corrected chi connectivity index (χ3v) is 2.32. The largest absolute Gasteiger partial charge is 0.497 e. The van der Waals surface area contributed by atoms with Gasteiger partial charge in [0.25, 0.3) is 0 Å². The van der Waals surface area contributed by atoms with Crippen LogP contribution in [0.25, 0.3) is 0 Å². The second-order valence-corrected chi connectivity index (χ2v) is 3.27. The molecule has 17 heavy (non-hydrogen) atoms. The Morgan fingerprint density at radius 2 is 1.88 bits per heavy atom. The molecule has 0 aliphatic heterocycles. The van der Waals surface area contributed by atoms with E-state index in [4.69, 9.17) is 25.1 Å². The van der Waals surface area contributed by atoms with Crippen LogP contribution in [0.3, 0.4) is 0 Å². The number of rotatable bonds is 5. The Balaban J connectivity index is 3.38. The molecule has 6 heteroatoms. The number of carboxylic acids is 1. The maximum atomic E-state index is 10.9. The van der Waals surface area contributed by atoms with Gasteiger partial charge in [-0.05, 0) is 6.07 Å². The number of aliphatic carboxylic acids is 1. The van der Waals surface area contributed by atoms with Crippen molar-refractivity contribution in [2.24, 2.45) is 5.73 Å². The molecule has 0 fully saturated rings. The molecule has 1 rings (SSSR count). The Morgan fingerprint density at radius 3 is 2.29 bits per heavy atom. The Hall–Kier alpha value is -1.95. The molecular formula is C11H15NO5. The number of hydrogen-bond donors (Lipinski definition) is 2. The fourth-order valence-corrected chi connectivity index (χ4v) is 1.45. The number of carboxylic acid groups (broad SMARTS) is 1. The number of methoxy groups -OCH3 is 3. The topological polar surface area (TPSA) is 91.0 Å². The fraction of sp³-hybridized carbons (Fsp3) is 0.364. The van der Waals surface area contributed by atoms with Crippen LogP contribution in [-0.2, 0) is 4.79 Å². The van der Waals surface area contributed by atoms with Gasteiger partial charge in [0.05, 0.1) is 21.3 Å². The Labute approximate surface area is 98.9 Å².